The third kappa shape index (κ3) is 12.9. The Kier molecular flexibility index (Phi) is 17.5. The molecule has 2 aromatic carbocycles. The Hall–Kier alpha value is -7.50. The Morgan fingerprint density at radius 1 is 0.707 bits per heavy atom. The molecule has 0 spiro atoms. The van der Waals surface area contributed by atoms with E-state index in [9.17, 15) is 19.2 Å². The summed E-state index contributed by atoms with van der Waals surface area (Å²) in [7, 11) is 3.02. The van der Waals surface area contributed by atoms with Gasteiger partial charge in [-0.25, -0.2) is 9.97 Å². The van der Waals surface area contributed by atoms with Gasteiger partial charge in [0, 0.05) is 81.0 Å². The number of nitrogens with one attached hydrogen (secondary N) is 4. The Morgan fingerprint density at radius 3 is 2.01 bits per heavy atom. The van der Waals surface area contributed by atoms with Crippen molar-refractivity contribution in [2.24, 2.45) is 11.8 Å². The van der Waals surface area contributed by atoms with E-state index in [0.29, 0.717) is 34.9 Å². The number of amides is 7. The standard InChI is InChI=1S/C57H73N11O7/c1-11-57(7,8)68-32-40(41-15-12-13-16-46(41)68)30-45-55(74)66(10)48(25-34(2)3)52(71)62-44(29-38-18-19-42-39(27-38)31-59-33-60-42)50(69)61-36(6)54(73)65(9)47-17-14-24-67(56(47)75)49(26-35(4)5)53(72)63-43(51(70)64-45)28-37-20-22-58-23-21-37/h11-13,15-16,18-23,27,31-36,43-45,47-49H,1,14,17,24-26,28-30H2,2-10H3,(H,61,69)(H,62,71)(H,63,72)(H,64,70)/t36-,43-,44-,45-,47-,48-,49-/m0/s1. The predicted molar refractivity (Wildman–Crippen MR) is 287 cm³/mol. The molecule has 2 aliphatic heterocycles. The zero-order chi connectivity index (χ0) is 54.3. The van der Waals surface area contributed by atoms with Crippen LogP contribution in [0.15, 0.2) is 98.4 Å². The number of carbonyl (C=O) groups is 7. The molecular formula is C57H73N11O7. The molecule has 3 aromatic heterocycles. The molecule has 5 heterocycles. The van der Waals surface area contributed by atoms with Crippen LogP contribution in [0.1, 0.15) is 90.8 Å². The minimum atomic E-state index is -1.29. The average Bonchev–Trinajstić information content (AvgIpc) is 3.77. The van der Waals surface area contributed by atoms with Gasteiger partial charge in [-0.2, -0.15) is 0 Å². The fourth-order valence-electron chi connectivity index (χ4n) is 10.3. The van der Waals surface area contributed by atoms with E-state index >= 15 is 14.4 Å². The van der Waals surface area contributed by atoms with Gasteiger partial charge in [-0.05, 0) is 105 Å². The van der Waals surface area contributed by atoms with Crippen molar-refractivity contribution in [3.05, 3.63) is 115 Å². The maximum Gasteiger partial charge on any atom is 0.246 e. The van der Waals surface area contributed by atoms with Gasteiger partial charge in [0.1, 0.15) is 48.6 Å². The summed E-state index contributed by atoms with van der Waals surface area (Å²) in [5.74, 6) is -4.31. The van der Waals surface area contributed by atoms with Crippen LogP contribution in [-0.4, -0.2) is 139 Å². The van der Waals surface area contributed by atoms with Gasteiger partial charge in [-0.15, -0.1) is 6.58 Å². The molecule has 7 amide bonds. The monoisotopic (exact) mass is 1020 g/mol. The number of nitrogens with zero attached hydrogens (tertiary/aromatic N) is 7. The third-order valence-electron chi connectivity index (χ3n) is 14.6. The van der Waals surface area contributed by atoms with Crippen molar-refractivity contribution in [2.75, 3.05) is 20.6 Å². The van der Waals surface area contributed by atoms with E-state index in [4.69, 9.17) is 0 Å². The largest absolute Gasteiger partial charge is 0.343 e. The van der Waals surface area contributed by atoms with Gasteiger partial charge < -0.3 is 40.5 Å². The average molecular weight is 1020 g/mol. The van der Waals surface area contributed by atoms with Crippen LogP contribution in [0.5, 0.6) is 0 Å². The van der Waals surface area contributed by atoms with Gasteiger partial charge in [0.05, 0.1) is 11.1 Å². The van der Waals surface area contributed by atoms with Crippen molar-refractivity contribution in [2.45, 2.75) is 141 Å². The van der Waals surface area contributed by atoms with Crippen molar-refractivity contribution in [1.82, 2.24) is 55.5 Å². The number of rotatable bonds is 12. The third-order valence-corrected chi connectivity index (χ3v) is 14.6. The molecule has 2 fully saturated rings. The summed E-state index contributed by atoms with van der Waals surface area (Å²) in [4.78, 5) is 121. The van der Waals surface area contributed by atoms with Crippen LogP contribution in [0.25, 0.3) is 21.8 Å². The number of benzene rings is 2. The van der Waals surface area contributed by atoms with Crippen molar-refractivity contribution in [1.29, 1.82) is 0 Å². The maximum atomic E-state index is 15.5. The summed E-state index contributed by atoms with van der Waals surface area (Å²) in [5, 5.41) is 13.4. The summed E-state index contributed by atoms with van der Waals surface area (Å²) >= 11 is 0. The number of allylic oxidation sites excluding steroid dienone is 1. The first kappa shape index (κ1) is 55.3. The lowest BCUT2D eigenvalue weighted by Crippen LogP contribution is -2.62. The van der Waals surface area contributed by atoms with Crippen LogP contribution >= 0.6 is 0 Å². The second-order valence-corrected chi connectivity index (χ2v) is 21.6. The van der Waals surface area contributed by atoms with E-state index in [2.05, 4.69) is 47.4 Å². The number of fused-ring (bicyclic) bond motifs is 4. The fraction of sp³-hybridized carbons (Fsp3) is 0.474. The van der Waals surface area contributed by atoms with Crippen LogP contribution in [0.3, 0.4) is 0 Å². The zero-order valence-electron chi connectivity index (χ0n) is 44.7. The quantitative estimate of drug-likeness (QED) is 0.127. The van der Waals surface area contributed by atoms with Crippen LogP contribution in [0, 0.1) is 11.8 Å². The van der Waals surface area contributed by atoms with Crippen molar-refractivity contribution < 1.29 is 33.6 Å². The molecule has 0 aliphatic carbocycles. The van der Waals surface area contributed by atoms with Crippen molar-refractivity contribution >= 4 is 63.2 Å². The van der Waals surface area contributed by atoms with Gasteiger partial charge in [-0.1, -0.05) is 58.0 Å². The molecule has 0 radical (unpaired) electrons. The lowest BCUT2D eigenvalue weighted by Gasteiger charge is -2.41. The number of aromatic nitrogens is 4. The summed E-state index contributed by atoms with van der Waals surface area (Å²) in [6, 6.07) is 8.56. The molecule has 2 bridgehead atoms. The highest BCUT2D eigenvalue weighted by atomic mass is 16.2. The lowest BCUT2D eigenvalue weighted by molar-refractivity contribution is -0.153. The van der Waals surface area contributed by atoms with E-state index in [1.54, 1.807) is 42.9 Å². The number of hydrogen-bond donors (Lipinski definition) is 4. The smallest absolute Gasteiger partial charge is 0.246 e. The Labute approximate surface area is 439 Å². The van der Waals surface area contributed by atoms with E-state index in [1.165, 1.54) is 42.0 Å². The van der Waals surface area contributed by atoms with Gasteiger partial charge >= 0.3 is 0 Å². The second kappa shape index (κ2) is 23.8. The molecule has 7 atom stereocenters. The Bertz CT molecular complexity index is 2920. The molecule has 18 nitrogen and oxygen atoms in total. The summed E-state index contributed by atoms with van der Waals surface area (Å²) in [5.41, 5.74) is 3.09. The highest BCUT2D eigenvalue weighted by molar-refractivity contribution is 5.99. The molecule has 2 aliphatic rings. The van der Waals surface area contributed by atoms with E-state index in [0.717, 1.165) is 16.5 Å². The van der Waals surface area contributed by atoms with Crippen molar-refractivity contribution in [3.8, 4) is 0 Å². The van der Waals surface area contributed by atoms with Gasteiger partial charge in [0.15, 0.2) is 0 Å². The lowest BCUT2D eigenvalue weighted by atomic mass is 9.95. The molecule has 398 valence electrons. The van der Waals surface area contributed by atoms with Crippen LogP contribution in [0.4, 0.5) is 0 Å². The van der Waals surface area contributed by atoms with E-state index in [1.807, 2.05) is 84.1 Å². The Balaban J connectivity index is 1.36. The highest BCUT2D eigenvalue weighted by Gasteiger charge is 2.43. The normalized spacial score (nSPS) is 23.3. The highest BCUT2D eigenvalue weighted by Crippen LogP contribution is 2.30. The first-order valence-corrected chi connectivity index (χ1v) is 26.0. The predicted octanol–water partition coefficient (Wildman–Crippen LogP) is 4.64. The topological polar surface area (TPSA) is 221 Å². The number of carbonyl (C=O) groups excluding carboxylic acids is 7. The van der Waals surface area contributed by atoms with Gasteiger partial charge in [0.25, 0.3) is 0 Å². The van der Waals surface area contributed by atoms with Gasteiger partial charge in [-0.3, -0.25) is 38.5 Å². The Morgan fingerprint density at radius 2 is 1.33 bits per heavy atom. The first-order chi connectivity index (χ1) is 35.7. The maximum absolute atomic E-state index is 15.5. The second-order valence-electron chi connectivity index (χ2n) is 21.6. The molecule has 75 heavy (non-hydrogen) atoms. The zero-order valence-corrected chi connectivity index (χ0v) is 44.7. The summed E-state index contributed by atoms with van der Waals surface area (Å²) in [6.45, 7) is 17.6. The molecule has 5 aromatic rings. The molecular weight excluding hydrogens is 951 g/mol. The molecule has 18 heteroatoms. The minimum Gasteiger partial charge on any atom is -0.343 e. The number of likely N-dealkylation sites (N-methyl/N-ethyl adjacent to an activating group) is 2. The van der Waals surface area contributed by atoms with E-state index < -0.39 is 89.2 Å². The van der Waals surface area contributed by atoms with Crippen molar-refractivity contribution in [3.63, 3.8) is 0 Å². The fourth-order valence-corrected chi connectivity index (χ4v) is 10.3. The molecule has 0 saturated carbocycles. The summed E-state index contributed by atoms with van der Waals surface area (Å²) in [6.07, 6.45) is 11.2. The molecule has 4 N–H and O–H groups in total. The van der Waals surface area contributed by atoms with Crippen LogP contribution < -0.4 is 21.3 Å². The SMILES string of the molecule is C=CC(C)(C)n1cc(C[C@@H]2NC(=O)[C@H](Cc3ccncc3)NC(=O)[C@H](CC(C)C)N3CCC[C@@H](C3=O)N(C)C(=O)[C@H](C)NC(=O)[C@H](Cc3ccc4ncncc4c3)NC(=O)[C@H](CC(C)C)N(C)C2=O)c2ccccc21. The molecule has 0 unspecified atom stereocenters. The van der Waals surface area contributed by atoms with E-state index in [-0.39, 0.29) is 50.5 Å². The van der Waals surface area contributed by atoms with Gasteiger partial charge in [0.2, 0.25) is 41.4 Å². The molecule has 2 saturated heterocycles. The van der Waals surface area contributed by atoms with Crippen LogP contribution in [0.2, 0.25) is 0 Å². The number of para-hydroxylation sites is 1. The minimum absolute atomic E-state index is 0.00873. The van der Waals surface area contributed by atoms with Crippen LogP contribution in [-0.2, 0) is 58.4 Å². The number of piperidine rings is 1. The first-order valence-electron chi connectivity index (χ1n) is 26.0. The molecule has 7 rings (SSSR count). The number of pyridine rings is 1. The summed E-state index contributed by atoms with van der Waals surface area (Å²) < 4.78 is 2.07. The number of hydrogen-bond acceptors (Lipinski definition) is 10.